The second kappa shape index (κ2) is 6.52. The van der Waals surface area contributed by atoms with Crippen molar-refractivity contribution >= 4 is 0 Å². The van der Waals surface area contributed by atoms with Crippen LogP contribution in [0.25, 0.3) is 0 Å². The number of hydrogen-bond acceptors (Lipinski definition) is 0. The Labute approximate surface area is 119 Å². The monoisotopic (exact) mass is 256 g/mol. The van der Waals surface area contributed by atoms with Crippen LogP contribution in [0.15, 0.2) is 0 Å². The highest BCUT2D eigenvalue weighted by Crippen LogP contribution is 2.45. The molecule has 0 heterocycles. The molecular formula is C19H28. The fourth-order valence-corrected chi connectivity index (χ4v) is 3.88. The SMILES string of the molecule is CC#CC#CC1(C)CCC(C2CCC(C)CC2)CC1. The molecule has 0 atom stereocenters. The van der Waals surface area contributed by atoms with Crippen LogP contribution in [-0.4, -0.2) is 0 Å². The second-order valence-corrected chi connectivity index (χ2v) is 7.04. The van der Waals surface area contributed by atoms with Gasteiger partial charge in [0.25, 0.3) is 0 Å². The van der Waals surface area contributed by atoms with Crippen LogP contribution < -0.4 is 0 Å². The molecule has 0 unspecified atom stereocenters. The van der Waals surface area contributed by atoms with Crippen molar-refractivity contribution in [2.24, 2.45) is 23.2 Å². The Hall–Kier alpha value is -0.880. The van der Waals surface area contributed by atoms with Gasteiger partial charge in [0.05, 0.1) is 0 Å². The molecule has 19 heavy (non-hydrogen) atoms. The summed E-state index contributed by atoms with van der Waals surface area (Å²) < 4.78 is 0. The average molecular weight is 256 g/mol. The maximum atomic E-state index is 3.41. The molecule has 2 fully saturated rings. The van der Waals surface area contributed by atoms with Gasteiger partial charge in [-0.1, -0.05) is 31.6 Å². The summed E-state index contributed by atoms with van der Waals surface area (Å²) in [4.78, 5) is 0. The van der Waals surface area contributed by atoms with Gasteiger partial charge >= 0.3 is 0 Å². The van der Waals surface area contributed by atoms with E-state index in [0.29, 0.717) is 0 Å². The lowest BCUT2D eigenvalue weighted by Gasteiger charge is -2.39. The van der Waals surface area contributed by atoms with Crippen LogP contribution in [0.3, 0.4) is 0 Å². The Balaban J connectivity index is 1.85. The largest absolute Gasteiger partial charge is 0.0925 e. The van der Waals surface area contributed by atoms with Gasteiger partial charge in [0, 0.05) is 5.41 Å². The highest BCUT2D eigenvalue weighted by atomic mass is 14.4. The molecule has 2 aliphatic carbocycles. The van der Waals surface area contributed by atoms with Crippen molar-refractivity contribution in [2.45, 2.75) is 72.1 Å². The van der Waals surface area contributed by atoms with Crippen molar-refractivity contribution in [3.63, 3.8) is 0 Å². The summed E-state index contributed by atoms with van der Waals surface area (Å²) in [5, 5.41) is 0. The molecule has 0 radical (unpaired) electrons. The normalized spacial score (nSPS) is 38.6. The van der Waals surface area contributed by atoms with E-state index in [9.17, 15) is 0 Å². The zero-order chi connectivity index (χ0) is 13.7. The summed E-state index contributed by atoms with van der Waals surface area (Å²) >= 11 is 0. The first-order chi connectivity index (χ1) is 9.13. The smallest absolute Gasteiger partial charge is 0.0297 e. The van der Waals surface area contributed by atoms with E-state index < -0.39 is 0 Å². The van der Waals surface area contributed by atoms with E-state index >= 15 is 0 Å². The molecule has 0 bridgehead atoms. The molecule has 0 aromatic heterocycles. The Morgan fingerprint density at radius 1 is 0.842 bits per heavy atom. The first kappa shape index (κ1) is 14.5. The molecule has 0 nitrogen and oxygen atoms in total. The van der Waals surface area contributed by atoms with Gasteiger partial charge in [-0.15, -0.1) is 0 Å². The summed E-state index contributed by atoms with van der Waals surface area (Å²) in [6.45, 7) is 6.60. The van der Waals surface area contributed by atoms with Crippen molar-refractivity contribution in [2.75, 3.05) is 0 Å². The maximum absolute atomic E-state index is 3.41. The third-order valence-corrected chi connectivity index (χ3v) is 5.41. The molecule has 2 rings (SSSR count). The molecule has 0 aromatic carbocycles. The molecule has 0 spiro atoms. The topological polar surface area (TPSA) is 0 Å². The Bertz CT molecular complexity index is 393. The van der Waals surface area contributed by atoms with E-state index in [1.165, 1.54) is 51.4 Å². The first-order valence-corrected chi connectivity index (χ1v) is 8.07. The molecular weight excluding hydrogens is 228 g/mol. The van der Waals surface area contributed by atoms with Crippen LogP contribution in [0, 0.1) is 46.9 Å². The van der Waals surface area contributed by atoms with E-state index in [1.54, 1.807) is 0 Å². The van der Waals surface area contributed by atoms with Gasteiger partial charge < -0.3 is 0 Å². The third kappa shape index (κ3) is 4.04. The Kier molecular flexibility index (Phi) is 4.99. The minimum absolute atomic E-state index is 0.238. The molecule has 104 valence electrons. The van der Waals surface area contributed by atoms with Crippen molar-refractivity contribution in [1.29, 1.82) is 0 Å². The van der Waals surface area contributed by atoms with Crippen LogP contribution in [0.2, 0.25) is 0 Å². The number of hydrogen-bond donors (Lipinski definition) is 0. The van der Waals surface area contributed by atoms with Crippen LogP contribution in [-0.2, 0) is 0 Å². The quantitative estimate of drug-likeness (QED) is 0.577. The summed E-state index contributed by atoms with van der Waals surface area (Å²) in [7, 11) is 0. The third-order valence-electron chi connectivity index (χ3n) is 5.41. The molecule has 0 aliphatic heterocycles. The zero-order valence-electron chi connectivity index (χ0n) is 12.9. The summed E-state index contributed by atoms with van der Waals surface area (Å²) in [5.41, 5.74) is 0.238. The molecule has 2 aliphatic rings. The van der Waals surface area contributed by atoms with Crippen molar-refractivity contribution in [3.8, 4) is 23.7 Å². The average Bonchev–Trinajstić information content (AvgIpc) is 2.41. The van der Waals surface area contributed by atoms with Crippen LogP contribution in [0.5, 0.6) is 0 Å². The van der Waals surface area contributed by atoms with E-state index in [-0.39, 0.29) is 5.41 Å². The van der Waals surface area contributed by atoms with E-state index in [1.807, 2.05) is 6.92 Å². The van der Waals surface area contributed by atoms with E-state index in [4.69, 9.17) is 0 Å². The summed E-state index contributed by atoms with van der Waals surface area (Å²) in [5.74, 6) is 15.2. The predicted octanol–water partition coefficient (Wildman–Crippen LogP) is 5.04. The van der Waals surface area contributed by atoms with Gasteiger partial charge in [0.1, 0.15) is 0 Å². The van der Waals surface area contributed by atoms with Gasteiger partial charge in [0.2, 0.25) is 0 Å². The van der Waals surface area contributed by atoms with Gasteiger partial charge in [-0.25, -0.2) is 0 Å². The van der Waals surface area contributed by atoms with E-state index in [0.717, 1.165) is 17.8 Å². The van der Waals surface area contributed by atoms with Gasteiger partial charge in [-0.3, -0.25) is 0 Å². The first-order valence-electron chi connectivity index (χ1n) is 8.07. The van der Waals surface area contributed by atoms with E-state index in [2.05, 4.69) is 37.5 Å². The van der Waals surface area contributed by atoms with Crippen molar-refractivity contribution in [1.82, 2.24) is 0 Å². The molecule has 0 saturated heterocycles. The second-order valence-electron chi connectivity index (χ2n) is 7.04. The maximum Gasteiger partial charge on any atom is 0.0297 e. The van der Waals surface area contributed by atoms with Crippen LogP contribution in [0.4, 0.5) is 0 Å². The predicted molar refractivity (Wildman–Crippen MR) is 82.4 cm³/mol. The zero-order valence-corrected chi connectivity index (χ0v) is 12.9. The fraction of sp³-hybridized carbons (Fsp3) is 0.789. The minimum atomic E-state index is 0.238. The Morgan fingerprint density at radius 2 is 1.42 bits per heavy atom. The van der Waals surface area contributed by atoms with Gasteiger partial charge in [-0.2, -0.15) is 0 Å². The lowest BCUT2D eigenvalue weighted by molar-refractivity contribution is 0.134. The highest BCUT2D eigenvalue weighted by Gasteiger charge is 2.34. The molecule has 2 saturated carbocycles. The highest BCUT2D eigenvalue weighted by molar-refractivity contribution is 5.28. The van der Waals surface area contributed by atoms with Crippen molar-refractivity contribution < 1.29 is 0 Å². The van der Waals surface area contributed by atoms with Gasteiger partial charge in [0.15, 0.2) is 0 Å². The standard InChI is InChI=1S/C19H28/c1-4-5-6-13-19(3)14-11-18(12-15-19)17-9-7-16(2)8-10-17/h16-18H,7-12,14-15H2,1-3H3. The lowest BCUT2D eigenvalue weighted by atomic mass is 9.65. The summed E-state index contributed by atoms with van der Waals surface area (Å²) in [6, 6.07) is 0. The fourth-order valence-electron chi connectivity index (χ4n) is 3.88. The van der Waals surface area contributed by atoms with Gasteiger partial charge in [-0.05, 0) is 82.0 Å². The molecule has 0 N–H and O–H groups in total. The molecule has 0 heteroatoms. The van der Waals surface area contributed by atoms with Crippen molar-refractivity contribution in [3.05, 3.63) is 0 Å². The molecule has 0 amide bonds. The summed E-state index contributed by atoms with van der Waals surface area (Å²) in [6.07, 6.45) is 11.2. The Morgan fingerprint density at radius 3 is 2.00 bits per heavy atom. The van der Waals surface area contributed by atoms with Crippen LogP contribution >= 0.6 is 0 Å². The lowest BCUT2D eigenvalue weighted by Crippen LogP contribution is -2.29. The molecule has 0 aromatic rings. The van der Waals surface area contributed by atoms with Crippen LogP contribution in [0.1, 0.15) is 72.1 Å². The number of rotatable bonds is 1. The minimum Gasteiger partial charge on any atom is -0.0925 e.